The average Bonchev–Trinajstić information content (AvgIpc) is 3.69. The molecule has 0 saturated carbocycles. The van der Waals surface area contributed by atoms with Crippen molar-refractivity contribution in [3.8, 4) is 0 Å². The minimum absolute atomic E-state index is 0.0214. The van der Waals surface area contributed by atoms with Crippen LogP contribution in [0.3, 0.4) is 0 Å². The molecule has 7 heteroatoms. The van der Waals surface area contributed by atoms with E-state index in [0.29, 0.717) is 0 Å². The van der Waals surface area contributed by atoms with E-state index in [1.165, 1.54) is 372 Å². The van der Waals surface area contributed by atoms with E-state index in [-0.39, 0.29) is 25.2 Å². The van der Waals surface area contributed by atoms with Crippen LogP contribution in [0.15, 0.2) is 24.3 Å². The first-order valence-electron chi connectivity index (χ1n) is 41.8. The molecule has 0 aromatic heterocycles. The topological polar surface area (TPSA) is 64.6 Å². The van der Waals surface area contributed by atoms with Crippen LogP contribution in [0.25, 0.3) is 0 Å². The zero-order valence-corrected chi connectivity index (χ0v) is 63.0. The van der Waals surface area contributed by atoms with E-state index >= 15 is 0 Å². The molecule has 2 unspecified atom stereocenters. The van der Waals surface area contributed by atoms with Crippen LogP contribution in [-0.2, 0) is 33.2 Å². The molecule has 7 nitrogen and oxygen atoms in total. The number of unbranched alkanes of at least 4 members (excludes halogenated alkanes) is 54. The van der Waals surface area contributed by atoms with Gasteiger partial charge in [-0.2, -0.15) is 0 Å². The van der Waals surface area contributed by atoms with Crippen LogP contribution in [-0.4, -0.2) is 64.8 Å². The fraction of sp³-hybridized carbons (Fsp3) is 0.952. The second-order valence-corrected chi connectivity index (χ2v) is 28.1. The van der Waals surface area contributed by atoms with Gasteiger partial charge in [-0.05, 0) is 102 Å². The van der Waals surface area contributed by atoms with Crippen LogP contribution < -0.4 is 0 Å². The monoisotopic (exact) mass is 1290 g/mol. The standard InChI is InChI=1S/C84H166O7/c1-7-13-19-25-31-47-57-65-75-85-81(86-76-66-58-48-32-26-20-14-8-2)71-61-51-41-37-35-39-43-53-63-73-83(89-79-69-55-45-29-23-17-11-5)91-84(90-80-70-56-46-30-24-18-12-6)74-64-54-44-40-36-38-42-52-62-72-82(87-77-67-59-49-33-27-21-15-9-3)88-78-68-60-50-34-28-22-16-10-4/h63-64,73-74,81-84H,7-62,65-72,75-80H2,1-6H3. The zero-order valence-electron chi connectivity index (χ0n) is 63.0. The van der Waals surface area contributed by atoms with Crippen LogP contribution in [0.2, 0.25) is 0 Å². The molecule has 0 aliphatic rings. The highest BCUT2D eigenvalue weighted by Crippen LogP contribution is 2.20. The number of rotatable bonds is 82. The van der Waals surface area contributed by atoms with Gasteiger partial charge < -0.3 is 33.2 Å². The molecule has 544 valence electrons. The summed E-state index contributed by atoms with van der Waals surface area (Å²) >= 11 is 0. The molecule has 2 atom stereocenters. The van der Waals surface area contributed by atoms with Crippen LogP contribution >= 0.6 is 0 Å². The third kappa shape index (κ3) is 74.8. The van der Waals surface area contributed by atoms with Crippen LogP contribution in [0.4, 0.5) is 0 Å². The van der Waals surface area contributed by atoms with E-state index in [9.17, 15) is 0 Å². The summed E-state index contributed by atoms with van der Waals surface area (Å²) in [7, 11) is 0. The summed E-state index contributed by atoms with van der Waals surface area (Å²) in [5, 5.41) is 0. The first-order valence-corrected chi connectivity index (χ1v) is 41.8. The molecule has 0 heterocycles. The van der Waals surface area contributed by atoms with Gasteiger partial charge in [-0.15, -0.1) is 0 Å². The second-order valence-electron chi connectivity index (χ2n) is 28.1. The lowest BCUT2D eigenvalue weighted by molar-refractivity contribution is -0.208. The lowest BCUT2D eigenvalue weighted by Gasteiger charge is -2.22. The predicted octanol–water partition coefficient (Wildman–Crippen LogP) is 28.6. The Morgan fingerprint density at radius 1 is 0.187 bits per heavy atom. The lowest BCUT2D eigenvalue weighted by atomic mass is 10.1. The molecule has 0 aliphatic heterocycles. The Kier molecular flexibility index (Phi) is 80.9. The number of hydrogen-bond donors (Lipinski definition) is 0. The summed E-state index contributed by atoms with van der Waals surface area (Å²) in [5.74, 6) is 0. The molecule has 0 fully saturated rings. The van der Waals surface area contributed by atoms with Crippen molar-refractivity contribution in [2.24, 2.45) is 0 Å². The van der Waals surface area contributed by atoms with Gasteiger partial charge in [0, 0.05) is 26.4 Å². The molecule has 0 spiro atoms. The summed E-state index contributed by atoms with van der Waals surface area (Å²) in [6.07, 6.45) is 90.8. The third-order valence-corrected chi connectivity index (χ3v) is 18.7. The number of hydrogen-bond acceptors (Lipinski definition) is 7. The van der Waals surface area contributed by atoms with Gasteiger partial charge in [0.2, 0.25) is 0 Å². The average molecular weight is 1290 g/mol. The van der Waals surface area contributed by atoms with Gasteiger partial charge in [0.25, 0.3) is 0 Å². The molecule has 0 N–H and O–H groups in total. The first kappa shape index (κ1) is 90.2. The van der Waals surface area contributed by atoms with Crippen LogP contribution in [0.1, 0.15) is 452 Å². The van der Waals surface area contributed by atoms with E-state index in [0.717, 1.165) is 78.2 Å². The molecule has 0 aromatic rings. The molecular weight excluding hydrogens is 1120 g/mol. The summed E-state index contributed by atoms with van der Waals surface area (Å²) < 4.78 is 45.3. The Bertz CT molecular complexity index is 1200. The molecule has 0 aromatic carbocycles. The van der Waals surface area contributed by atoms with Gasteiger partial charge >= 0.3 is 0 Å². The summed E-state index contributed by atoms with van der Waals surface area (Å²) in [4.78, 5) is 0. The Hall–Kier alpha value is -0.800. The maximum absolute atomic E-state index is 6.72. The zero-order chi connectivity index (χ0) is 65.6. The number of ether oxygens (including phenoxy) is 7. The first-order chi connectivity index (χ1) is 45.1. The highest BCUT2D eigenvalue weighted by Gasteiger charge is 2.15. The number of allylic oxidation sites excluding steroid dienone is 2. The third-order valence-electron chi connectivity index (χ3n) is 18.7. The van der Waals surface area contributed by atoms with Gasteiger partial charge in [-0.3, -0.25) is 0 Å². The highest BCUT2D eigenvalue weighted by molar-refractivity contribution is 4.90. The van der Waals surface area contributed by atoms with E-state index in [1.807, 2.05) is 0 Å². The van der Waals surface area contributed by atoms with E-state index in [4.69, 9.17) is 33.2 Å². The smallest absolute Gasteiger partial charge is 0.180 e. The molecule has 0 radical (unpaired) electrons. The molecule has 0 rings (SSSR count). The fourth-order valence-electron chi connectivity index (χ4n) is 12.5. The Morgan fingerprint density at radius 3 is 0.582 bits per heavy atom. The minimum Gasteiger partial charge on any atom is -0.353 e. The Balaban J connectivity index is 5.18. The largest absolute Gasteiger partial charge is 0.353 e. The van der Waals surface area contributed by atoms with Crippen molar-refractivity contribution in [3.63, 3.8) is 0 Å². The van der Waals surface area contributed by atoms with E-state index in [2.05, 4.69) is 65.8 Å². The van der Waals surface area contributed by atoms with Crippen molar-refractivity contribution >= 4 is 0 Å². The Labute approximate surface area is 571 Å². The normalized spacial score (nSPS) is 12.8. The van der Waals surface area contributed by atoms with E-state index < -0.39 is 0 Å². The molecule has 0 aliphatic carbocycles. The van der Waals surface area contributed by atoms with Crippen molar-refractivity contribution in [1.82, 2.24) is 0 Å². The summed E-state index contributed by atoms with van der Waals surface area (Å²) in [6, 6.07) is 0. The van der Waals surface area contributed by atoms with Gasteiger partial charge in [0.15, 0.2) is 25.2 Å². The molecular formula is C84H166O7. The fourth-order valence-corrected chi connectivity index (χ4v) is 12.5. The lowest BCUT2D eigenvalue weighted by Crippen LogP contribution is -2.25. The van der Waals surface area contributed by atoms with Crippen LogP contribution in [0, 0.1) is 0 Å². The maximum Gasteiger partial charge on any atom is 0.180 e. The van der Waals surface area contributed by atoms with Crippen molar-refractivity contribution in [2.45, 2.75) is 478 Å². The quantitative estimate of drug-likeness (QED) is 0.0341. The molecule has 0 amide bonds. The van der Waals surface area contributed by atoms with Crippen molar-refractivity contribution in [3.05, 3.63) is 24.3 Å². The molecule has 0 saturated heterocycles. The van der Waals surface area contributed by atoms with E-state index in [1.54, 1.807) is 0 Å². The van der Waals surface area contributed by atoms with Gasteiger partial charge in [0.05, 0.1) is 13.2 Å². The highest BCUT2D eigenvalue weighted by atomic mass is 16.8. The summed E-state index contributed by atoms with van der Waals surface area (Å²) in [6.45, 7) is 18.7. The van der Waals surface area contributed by atoms with Crippen molar-refractivity contribution < 1.29 is 33.2 Å². The maximum atomic E-state index is 6.72. The SMILES string of the molecule is CCCCCCCCCCOC(CCCCCCCCCC=CC(OCCCCCCCCC)OC(C=CCCCCCCCCCC(OCCCCCCCCCC)OCCCCCCCCCC)OCCCCCCCCC)OCCCCCCCCCC. The second kappa shape index (κ2) is 81.6. The van der Waals surface area contributed by atoms with Crippen molar-refractivity contribution in [1.29, 1.82) is 0 Å². The molecule has 0 bridgehead atoms. The van der Waals surface area contributed by atoms with Crippen molar-refractivity contribution in [2.75, 3.05) is 39.6 Å². The molecule has 91 heavy (non-hydrogen) atoms. The predicted molar refractivity (Wildman–Crippen MR) is 400 cm³/mol. The van der Waals surface area contributed by atoms with Crippen LogP contribution in [0.5, 0.6) is 0 Å². The van der Waals surface area contributed by atoms with Gasteiger partial charge in [-0.1, -0.05) is 375 Å². The van der Waals surface area contributed by atoms with Gasteiger partial charge in [-0.25, -0.2) is 0 Å². The Morgan fingerprint density at radius 2 is 0.363 bits per heavy atom. The van der Waals surface area contributed by atoms with Gasteiger partial charge in [0.1, 0.15) is 0 Å². The summed E-state index contributed by atoms with van der Waals surface area (Å²) in [5.41, 5.74) is 0. The minimum atomic E-state index is -0.389.